The van der Waals surface area contributed by atoms with E-state index in [1.54, 1.807) is 24.1 Å². The van der Waals surface area contributed by atoms with Gasteiger partial charge in [0.25, 0.3) is 5.91 Å². The fraction of sp³-hybridized carbons (Fsp3) is 0.340. The second-order valence-electron chi connectivity index (χ2n) is 16.5. The molecule has 350 valence electrons. The van der Waals surface area contributed by atoms with Crippen molar-refractivity contribution in [3.8, 4) is 5.75 Å². The minimum Gasteiger partial charge on any atom is -0.478 e. The first-order chi connectivity index (χ1) is 32.6. The van der Waals surface area contributed by atoms with Crippen molar-refractivity contribution in [2.75, 3.05) is 76.5 Å². The third kappa shape index (κ3) is 11.9. The number of carboxylic acids is 1. The molecule has 7 rings (SSSR count). The summed E-state index contributed by atoms with van der Waals surface area (Å²) in [5.41, 5.74) is 9.31. The van der Waals surface area contributed by atoms with Crippen LogP contribution in [0.25, 0.3) is 12.2 Å². The maximum atomic E-state index is 13.4. The molecule has 2 aliphatic heterocycles. The highest BCUT2D eigenvalue weighted by Crippen LogP contribution is 2.50. The van der Waals surface area contributed by atoms with Gasteiger partial charge in [-0.05, 0) is 78.4 Å². The summed E-state index contributed by atoms with van der Waals surface area (Å²) >= 11 is 0. The number of ether oxygens (including phenoxy) is 4. The summed E-state index contributed by atoms with van der Waals surface area (Å²) in [4.78, 5) is 58.2. The highest BCUT2D eigenvalue weighted by atomic mass is 16.5. The van der Waals surface area contributed by atoms with Gasteiger partial charge >= 0.3 is 5.97 Å². The van der Waals surface area contributed by atoms with Crippen LogP contribution in [0.5, 0.6) is 5.75 Å². The van der Waals surface area contributed by atoms with E-state index in [-0.39, 0.29) is 60.8 Å². The molecule has 14 heteroatoms. The number of para-hydroxylation sites is 1. The highest BCUT2D eigenvalue weighted by molar-refractivity contribution is 6.09. The number of allylic oxidation sites excluding steroid dienone is 3. The number of carbonyl (C=O) groups is 4. The van der Waals surface area contributed by atoms with Gasteiger partial charge in [0.2, 0.25) is 11.8 Å². The molecular formula is C53H59N5O9. The van der Waals surface area contributed by atoms with Gasteiger partial charge in [-0.25, -0.2) is 4.79 Å². The zero-order chi connectivity index (χ0) is 47.3. The summed E-state index contributed by atoms with van der Waals surface area (Å²) in [5, 5.41) is 19.5. The molecule has 0 fully saturated rings. The Morgan fingerprint density at radius 2 is 1.49 bits per heavy atom. The van der Waals surface area contributed by atoms with E-state index in [0.717, 1.165) is 57.0 Å². The van der Waals surface area contributed by atoms with Gasteiger partial charge < -0.3 is 44.9 Å². The van der Waals surface area contributed by atoms with Gasteiger partial charge in [-0.3, -0.25) is 19.4 Å². The van der Waals surface area contributed by atoms with Gasteiger partial charge in [-0.2, -0.15) is 0 Å². The number of nitrogens with zero attached hydrogens (tertiary/aromatic N) is 2. The average molecular weight is 910 g/mol. The van der Waals surface area contributed by atoms with E-state index in [4.69, 9.17) is 18.9 Å². The van der Waals surface area contributed by atoms with Crippen molar-refractivity contribution in [3.05, 3.63) is 147 Å². The second-order valence-corrected chi connectivity index (χ2v) is 16.5. The monoisotopic (exact) mass is 909 g/mol. The molecule has 0 bridgehead atoms. The summed E-state index contributed by atoms with van der Waals surface area (Å²) in [6, 6.07) is 24.6. The largest absolute Gasteiger partial charge is 0.478 e. The molecule has 0 spiro atoms. The minimum absolute atomic E-state index is 0.0425. The Morgan fingerprint density at radius 3 is 2.22 bits per heavy atom. The number of benzene rings is 4. The van der Waals surface area contributed by atoms with Gasteiger partial charge in [-0.15, -0.1) is 0 Å². The Labute approximate surface area is 391 Å². The normalized spacial score (nSPS) is 17.0. The van der Waals surface area contributed by atoms with Gasteiger partial charge in [-0.1, -0.05) is 66.8 Å². The summed E-state index contributed by atoms with van der Waals surface area (Å²) in [7, 11) is 1.73. The fourth-order valence-corrected chi connectivity index (χ4v) is 8.60. The molecule has 2 atom stereocenters. The van der Waals surface area contributed by atoms with Crippen LogP contribution in [0.15, 0.2) is 107 Å². The maximum absolute atomic E-state index is 13.4. The summed E-state index contributed by atoms with van der Waals surface area (Å²) < 4.78 is 23.3. The Bertz CT molecular complexity index is 2600. The van der Waals surface area contributed by atoms with Crippen LogP contribution in [-0.4, -0.2) is 101 Å². The number of amides is 3. The highest BCUT2D eigenvalue weighted by Gasteiger charge is 2.39. The molecule has 4 N–H and O–H groups in total. The van der Waals surface area contributed by atoms with Crippen molar-refractivity contribution in [2.45, 2.75) is 46.1 Å². The van der Waals surface area contributed by atoms with Gasteiger partial charge in [0.15, 0.2) is 0 Å². The number of rotatable bonds is 20. The first kappa shape index (κ1) is 48.1. The second kappa shape index (κ2) is 23.0. The molecule has 4 aromatic rings. The predicted octanol–water partition coefficient (Wildman–Crippen LogP) is 7.57. The van der Waals surface area contributed by atoms with E-state index in [1.165, 1.54) is 6.07 Å². The molecule has 4 aromatic carbocycles. The van der Waals surface area contributed by atoms with E-state index in [2.05, 4.69) is 39.2 Å². The van der Waals surface area contributed by atoms with Crippen LogP contribution in [-0.2, 0) is 30.3 Å². The number of aliphatic imine (C=N–C) groups is 1. The van der Waals surface area contributed by atoms with Crippen molar-refractivity contribution >= 4 is 52.9 Å². The SMILES string of the molecule is CCNc1cc2c(cc1C)C(c1ccc(C(=O)NCCOCCOCCOCCNC(=O)CCC(=O)N3Cc4ccccc4/C=C\c4ccccc43)cc1C(=O)O)C1C=C(C)/C(=N\C)C=C1O2. The summed E-state index contributed by atoms with van der Waals surface area (Å²) in [5.74, 6) is -1.22. The molecule has 14 nitrogen and oxygen atoms in total. The quantitative estimate of drug-likeness (QED) is 0.0647. The van der Waals surface area contributed by atoms with Crippen LogP contribution in [0.3, 0.4) is 0 Å². The van der Waals surface area contributed by atoms with Crippen molar-refractivity contribution in [3.63, 3.8) is 0 Å². The number of carbonyl (C=O) groups excluding carboxylic acids is 3. The predicted molar refractivity (Wildman–Crippen MR) is 260 cm³/mol. The van der Waals surface area contributed by atoms with Gasteiger partial charge in [0, 0.05) is 80.3 Å². The number of aromatic carboxylic acids is 1. The van der Waals surface area contributed by atoms with Crippen molar-refractivity contribution in [2.24, 2.45) is 10.9 Å². The molecule has 0 radical (unpaired) electrons. The van der Waals surface area contributed by atoms with E-state index < -0.39 is 11.9 Å². The molecule has 2 unspecified atom stereocenters. The van der Waals surface area contributed by atoms with E-state index in [0.29, 0.717) is 63.2 Å². The van der Waals surface area contributed by atoms with Gasteiger partial charge in [0.1, 0.15) is 11.5 Å². The van der Waals surface area contributed by atoms with E-state index in [9.17, 15) is 24.3 Å². The molecule has 1 aliphatic carbocycles. The number of anilines is 2. The molecule has 67 heavy (non-hydrogen) atoms. The number of fused-ring (bicyclic) bond motifs is 4. The van der Waals surface area contributed by atoms with Gasteiger partial charge in [0.05, 0.1) is 63.1 Å². The number of hydrogen-bond acceptors (Lipinski definition) is 10. The number of hydrogen-bond donors (Lipinski definition) is 4. The van der Waals surface area contributed by atoms with Crippen LogP contribution >= 0.6 is 0 Å². The number of aryl methyl sites for hydroxylation is 1. The van der Waals surface area contributed by atoms with Crippen LogP contribution in [0.1, 0.15) is 86.7 Å². The van der Waals surface area contributed by atoms with Crippen LogP contribution in [0, 0.1) is 12.8 Å². The Balaban J connectivity index is 0.795. The van der Waals surface area contributed by atoms with Crippen LogP contribution in [0.4, 0.5) is 11.4 Å². The zero-order valence-corrected chi connectivity index (χ0v) is 38.6. The lowest BCUT2D eigenvalue weighted by molar-refractivity contribution is -0.125. The van der Waals surface area contributed by atoms with Crippen molar-refractivity contribution < 1.29 is 43.2 Å². The first-order valence-corrected chi connectivity index (χ1v) is 22.8. The molecule has 0 saturated carbocycles. The van der Waals surface area contributed by atoms with Crippen LogP contribution in [0.2, 0.25) is 0 Å². The van der Waals surface area contributed by atoms with E-state index >= 15 is 0 Å². The zero-order valence-electron chi connectivity index (χ0n) is 38.6. The lowest BCUT2D eigenvalue weighted by atomic mass is 9.73. The number of nitrogens with one attached hydrogen (secondary N) is 3. The topological polar surface area (TPSA) is 177 Å². The molecular weight excluding hydrogens is 851 g/mol. The molecule has 3 aliphatic rings. The smallest absolute Gasteiger partial charge is 0.336 e. The minimum atomic E-state index is -1.13. The molecule has 0 saturated heterocycles. The summed E-state index contributed by atoms with van der Waals surface area (Å²) in [6.45, 7) is 9.51. The molecule has 3 amide bonds. The van der Waals surface area contributed by atoms with E-state index in [1.807, 2.05) is 87.5 Å². The fourth-order valence-electron chi connectivity index (χ4n) is 8.60. The third-order valence-electron chi connectivity index (χ3n) is 12.0. The average Bonchev–Trinajstić information content (AvgIpc) is 3.32. The Morgan fingerprint density at radius 1 is 0.806 bits per heavy atom. The van der Waals surface area contributed by atoms with Crippen molar-refractivity contribution in [1.82, 2.24) is 10.6 Å². The molecule has 0 aromatic heterocycles. The number of carboxylic acid groups (broad SMARTS) is 1. The molecule has 2 heterocycles. The van der Waals surface area contributed by atoms with Crippen molar-refractivity contribution in [1.29, 1.82) is 0 Å². The maximum Gasteiger partial charge on any atom is 0.336 e. The summed E-state index contributed by atoms with van der Waals surface area (Å²) in [6.07, 6.45) is 8.23. The Hall–Kier alpha value is -6.87. The third-order valence-corrected chi connectivity index (χ3v) is 12.0. The van der Waals surface area contributed by atoms with Crippen LogP contribution < -0.4 is 25.6 Å². The standard InChI is InChI=1S/C53H59N5O9/c1-5-55-45-32-48-43(29-35(45)3)51(42-28-34(2)44(54-4)31-47(42)67-48)40-17-16-38(30-41(40)53(62)63)52(61)57-21-23-65-25-27-66-26-24-64-22-20-56-49(59)18-19-50(60)58-33-39-12-7-6-10-36(39)14-15-37-11-8-9-13-46(37)58/h6-17,28-32,42,51,55H,5,18-27,33H2,1-4H3,(H,56,59)(H,57,61)(H,62,63)/b15-14-,54-44-. The first-order valence-electron chi connectivity index (χ1n) is 22.8. The lowest BCUT2D eigenvalue weighted by Crippen LogP contribution is -2.33. The lowest BCUT2D eigenvalue weighted by Gasteiger charge is -2.37. The Kier molecular flexibility index (Phi) is 16.5.